The smallest absolute Gasteiger partial charge is 0.173 e. The topological polar surface area (TPSA) is 36.8 Å². The number of rotatable bonds is 5. The number of anilines is 1. The maximum absolute atomic E-state index is 11.5. The molecule has 0 aliphatic carbocycles. The molecule has 2 aromatic carbocycles. The van der Waals surface area contributed by atoms with Crippen LogP contribution in [0.1, 0.15) is 22.8 Å². The molecule has 2 aromatic rings. The first-order valence-electron chi connectivity index (χ1n) is 9.16. The van der Waals surface area contributed by atoms with Crippen molar-refractivity contribution >= 4 is 28.8 Å². The van der Waals surface area contributed by atoms with E-state index in [0.717, 1.165) is 43.4 Å². The quantitative estimate of drug-likeness (QED) is 0.626. The zero-order valence-corrected chi connectivity index (χ0v) is 16.0. The summed E-state index contributed by atoms with van der Waals surface area (Å²) in [4.78, 5) is 15.4. The van der Waals surface area contributed by atoms with Crippen molar-refractivity contribution in [2.24, 2.45) is 0 Å². The second kappa shape index (κ2) is 8.92. The van der Waals surface area contributed by atoms with E-state index in [0.29, 0.717) is 5.56 Å². The van der Waals surface area contributed by atoms with Crippen LogP contribution in [0, 0.1) is 0 Å². The van der Waals surface area contributed by atoms with Gasteiger partial charge in [-0.15, -0.1) is 0 Å². The molecule has 0 bridgehead atoms. The van der Waals surface area contributed by atoms with Crippen LogP contribution in [0.25, 0.3) is 0 Å². The van der Waals surface area contributed by atoms with E-state index in [-0.39, 0.29) is 5.78 Å². The van der Waals surface area contributed by atoms with Gasteiger partial charge in [-0.25, -0.2) is 0 Å². The number of hydrogen-bond donors (Lipinski definition) is 2. The number of piperazine rings is 1. The predicted octanol–water partition coefficient (Wildman–Crippen LogP) is 2.03. The molecule has 0 aromatic heterocycles. The predicted molar refractivity (Wildman–Crippen MR) is 110 cm³/mol. The fraction of sp³-hybridized carbons (Fsp3) is 0.333. The molecular weight excluding hydrogens is 342 g/mol. The first kappa shape index (κ1) is 18.5. The van der Waals surface area contributed by atoms with Crippen molar-refractivity contribution in [1.29, 1.82) is 0 Å². The fourth-order valence-electron chi connectivity index (χ4n) is 3.26. The van der Waals surface area contributed by atoms with Gasteiger partial charge in [0.15, 0.2) is 10.9 Å². The van der Waals surface area contributed by atoms with E-state index >= 15 is 0 Å². The van der Waals surface area contributed by atoms with Crippen LogP contribution in [-0.4, -0.2) is 48.5 Å². The van der Waals surface area contributed by atoms with Crippen molar-refractivity contribution in [3.8, 4) is 0 Å². The Morgan fingerprint density at radius 2 is 1.85 bits per heavy atom. The monoisotopic (exact) mass is 368 g/mol. The molecule has 5 heteroatoms. The Kier molecular flexibility index (Phi) is 6.36. The highest BCUT2D eigenvalue weighted by Crippen LogP contribution is 2.12. The number of nitrogens with one attached hydrogen (secondary N) is 2. The molecular formula is C21H26N3OS+. The molecule has 0 unspecified atom stereocenters. The lowest BCUT2D eigenvalue weighted by Gasteiger charge is -2.34. The molecule has 1 fully saturated rings. The maximum atomic E-state index is 11.5. The summed E-state index contributed by atoms with van der Waals surface area (Å²) in [7, 11) is 0. The highest BCUT2D eigenvalue weighted by atomic mass is 32.1. The number of Topliss-reactive ketones (excluding diaryl/α,β-unsaturated/α-hetero) is 1. The Labute approximate surface area is 160 Å². The summed E-state index contributed by atoms with van der Waals surface area (Å²) in [6.45, 7) is 6.86. The highest BCUT2D eigenvalue weighted by Gasteiger charge is 2.21. The largest absolute Gasteiger partial charge is 0.338 e. The molecule has 0 amide bonds. The van der Waals surface area contributed by atoms with Crippen LogP contribution in [0.15, 0.2) is 54.6 Å². The molecule has 0 radical (unpaired) electrons. The van der Waals surface area contributed by atoms with Crippen molar-refractivity contribution in [1.82, 2.24) is 4.90 Å². The number of carbonyl (C=O) groups excluding carboxylic acids is 1. The van der Waals surface area contributed by atoms with Crippen molar-refractivity contribution in [2.45, 2.75) is 13.3 Å². The average Bonchev–Trinajstić information content (AvgIpc) is 2.68. The van der Waals surface area contributed by atoms with Gasteiger partial charge in [-0.1, -0.05) is 42.5 Å². The Balaban J connectivity index is 1.46. The normalized spacial score (nSPS) is 14.9. The second-order valence-electron chi connectivity index (χ2n) is 6.79. The van der Waals surface area contributed by atoms with Crippen LogP contribution in [0.3, 0.4) is 0 Å². The molecule has 1 heterocycles. The number of thiocarbonyl (C=S) groups is 1. The van der Waals surface area contributed by atoms with Crippen LogP contribution in [0.4, 0.5) is 5.69 Å². The number of hydrogen-bond acceptors (Lipinski definition) is 2. The summed E-state index contributed by atoms with van der Waals surface area (Å²) in [5, 5.41) is 4.02. The van der Waals surface area contributed by atoms with Crippen LogP contribution in [0.2, 0.25) is 0 Å². The Morgan fingerprint density at radius 1 is 1.12 bits per heavy atom. The zero-order chi connectivity index (χ0) is 18.4. The van der Waals surface area contributed by atoms with E-state index in [1.54, 1.807) is 11.8 Å². The highest BCUT2D eigenvalue weighted by molar-refractivity contribution is 7.80. The van der Waals surface area contributed by atoms with Gasteiger partial charge in [0.1, 0.15) is 0 Å². The van der Waals surface area contributed by atoms with Crippen LogP contribution in [0.5, 0.6) is 0 Å². The summed E-state index contributed by atoms with van der Waals surface area (Å²) < 4.78 is 0. The third kappa shape index (κ3) is 5.13. The summed E-state index contributed by atoms with van der Waals surface area (Å²) in [6.07, 6.45) is 1.12. The average molecular weight is 369 g/mol. The molecule has 0 atom stereocenters. The molecule has 0 saturated carbocycles. The number of carbonyl (C=O) groups is 1. The van der Waals surface area contributed by atoms with Crippen LogP contribution in [-0.2, 0) is 6.42 Å². The lowest BCUT2D eigenvalue weighted by atomic mass is 10.1. The number of nitrogens with zero attached hydrogens (tertiary/aromatic N) is 1. The lowest BCUT2D eigenvalue weighted by molar-refractivity contribution is -0.903. The summed E-state index contributed by atoms with van der Waals surface area (Å²) in [5.41, 5.74) is 2.99. The van der Waals surface area contributed by atoms with Crippen molar-refractivity contribution in [2.75, 3.05) is 38.0 Å². The molecule has 1 aliphatic heterocycles. The van der Waals surface area contributed by atoms with Crippen LogP contribution < -0.4 is 10.2 Å². The summed E-state index contributed by atoms with van der Waals surface area (Å²) in [5.74, 6) is 0.0650. The van der Waals surface area contributed by atoms with Gasteiger partial charge in [-0.05, 0) is 36.8 Å². The van der Waals surface area contributed by atoms with E-state index in [1.165, 1.54) is 12.1 Å². The molecule has 1 aliphatic rings. The van der Waals surface area contributed by atoms with E-state index in [9.17, 15) is 4.79 Å². The van der Waals surface area contributed by atoms with E-state index in [4.69, 9.17) is 12.2 Å². The number of quaternary nitrogens is 1. The van der Waals surface area contributed by atoms with Gasteiger partial charge in [0.05, 0.1) is 32.7 Å². The van der Waals surface area contributed by atoms with E-state index in [1.807, 2.05) is 24.3 Å². The second-order valence-corrected chi connectivity index (χ2v) is 7.18. The molecule has 2 N–H and O–H groups in total. The SMILES string of the molecule is CC(=O)c1cccc(NC(=S)N2CC[NH+](CCc3ccccc3)CC2)c1. The fourth-order valence-corrected chi connectivity index (χ4v) is 3.56. The van der Waals surface area contributed by atoms with Gasteiger partial charge >= 0.3 is 0 Å². The minimum absolute atomic E-state index is 0.0650. The van der Waals surface area contributed by atoms with E-state index in [2.05, 4.69) is 40.5 Å². The first-order valence-corrected chi connectivity index (χ1v) is 9.57. The van der Waals surface area contributed by atoms with Crippen molar-refractivity contribution in [3.05, 3.63) is 65.7 Å². The Bertz CT molecular complexity index is 755. The van der Waals surface area contributed by atoms with Crippen LogP contribution >= 0.6 is 12.2 Å². The van der Waals surface area contributed by atoms with Gasteiger partial charge in [0, 0.05) is 17.7 Å². The molecule has 3 rings (SSSR count). The molecule has 1 saturated heterocycles. The third-order valence-electron chi connectivity index (χ3n) is 4.89. The number of benzene rings is 2. The molecule has 136 valence electrons. The Morgan fingerprint density at radius 3 is 2.54 bits per heavy atom. The maximum Gasteiger partial charge on any atom is 0.173 e. The zero-order valence-electron chi connectivity index (χ0n) is 15.2. The molecule has 4 nitrogen and oxygen atoms in total. The van der Waals surface area contributed by atoms with Gasteiger partial charge < -0.3 is 15.1 Å². The number of ketones is 1. The standard InChI is InChI=1S/C21H25N3OS/c1-17(25)19-8-5-9-20(16-19)22-21(26)24-14-12-23(13-15-24)11-10-18-6-3-2-4-7-18/h2-9,16H,10-15H2,1H3,(H,22,26)/p+1. The van der Waals surface area contributed by atoms with Gasteiger partial charge in [-0.2, -0.15) is 0 Å². The molecule has 26 heavy (non-hydrogen) atoms. The Hall–Kier alpha value is -2.24. The van der Waals surface area contributed by atoms with Gasteiger partial charge in [0.2, 0.25) is 0 Å². The van der Waals surface area contributed by atoms with Gasteiger partial charge in [0.25, 0.3) is 0 Å². The van der Waals surface area contributed by atoms with E-state index < -0.39 is 0 Å². The summed E-state index contributed by atoms with van der Waals surface area (Å²) in [6, 6.07) is 18.2. The van der Waals surface area contributed by atoms with Crippen molar-refractivity contribution in [3.63, 3.8) is 0 Å². The minimum atomic E-state index is 0.0650. The van der Waals surface area contributed by atoms with Crippen molar-refractivity contribution < 1.29 is 9.69 Å². The third-order valence-corrected chi connectivity index (χ3v) is 5.25. The summed E-state index contributed by atoms with van der Waals surface area (Å²) >= 11 is 5.57. The minimum Gasteiger partial charge on any atom is -0.338 e. The molecule has 0 spiro atoms. The first-order chi connectivity index (χ1) is 12.6. The van der Waals surface area contributed by atoms with Gasteiger partial charge in [-0.3, -0.25) is 4.79 Å². The lowest BCUT2D eigenvalue weighted by Crippen LogP contribution is -3.15.